The van der Waals surface area contributed by atoms with Crippen LogP contribution in [-0.2, 0) is 29.6 Å². The van der Waals surface area contributed by atoms with Gasteiger partial charge in [-0.1, -0.05) is 66.2 Å². The van der Waals surface area contributed by atoms with Crippen LogP contribution in [0.25, 0.3) is 0 Å². The van der Waals surface area contributed by atoms with E-state index in [9.17, 15) is 19.5 Å². The first-order chi connectivity index (χ1) is 19.0. The number of likely N-dealkylation sites (tertiary alicyclic amines) is 1. The van der Waals surface area contributed by atoms with Crippen molar-refractivity contribution in [3.63, 3.8) is 0 Å². The Morgan fingerprint density at radius 3 is 2.50 bits per heavy atom. The number of halogens is 1. The number of amides is 3. The number of aryl methyl sites for hydroxylation is 3. The summed E-state index contributed by atoms with van der Waals surface area (Å²) < 4.78 is 1.40. The molecule has 2 aliphatic rings. The molecule has 4 atom stereocenters. The van der Waals surface area contributed by atoms with Gasteiger partial charge in [-0.15, -0.1) is 11.8 Å². The lowest BCUT2D eigenvalue weighted by Gasteiger charge is -2.53. The molecular formula is C29H32ClN5O4S. The number of β-lactam (4-membered cyclic amide) rings is 1. The Bertz CT molecular complexity index is 1460. The van der Waals surface area contributed by atoms with Crippen LogP contribution in [0.4, 0.5) is 0 Å². The maximum Gasteiger partial charge on any atom is 0.256 e. The average molecular weight is 582 g/mol. The first kappa shape index (κ1) is 28.2. The van der Waals surface area contributed by atoms with Gasteiger partial charge in [-0.2, -0.15) is 5.10 Å². The van der Waals surface area contributed by atoms with E-state index >= 15 is 0 Å². The number of nitrogens with zero attached hydrogens (tertiary/aromatic N) is 4. The number of benzene rings is 2. The number of aliphatic hydroxyl groups is 1. The van der Waals surface area contributed by atoms with Crippen LogP contribution in [0.5, 0.6) is 0 Å². The molecule has 2 saturated heterocycles. The molecular weight excluding hydrogens is 550 g/mol. The molecule has 2 aromatic carbocycles. The first-order valence-electron chi connectivity index (χ1n) is 13.0. The topological polar surface area (TPSA) is 108 Å². The Labute approximate surface area is 242 Å². The van der Waals surface area contributed by atoms with Crippen molar-refractivity contribution in [2.75, 3.05) is 5.88 Å². The number of thioether (sulfide) groups is 1. The summed E-state index contributed by atoms with van der Waals surface area (Å²) in [7, 11) is 1.63. The molecule has 210 valence electrons. The predicted octanol–water partition coefficient (Wildman–Crippen LogP) is 3.05. The summed E-state index contributed by atoms with van der Waals surface area (Å²) in [5.74, 6) is -1.03. The summed E-state index contributed by atoms with van der Waals surface area (Å²) in [4.78, 5) is 43.0. The smallest absolute Gasteiger partial charge is 0.256 e. The van der Waals surface area contributed by atoms with Gasteiger partial charge in [-0.05, 0) is 43.9 Å². The molecule has 3 heterocycles. The van der Waals surface area contributed by atoms with E-state index in [0.29, 0.717) is 12.2 Å². The van der Waals surface area contributed by atoms with E-state index in [2.05, 4.69) is 10.4 Å². The van der Waals surface area contributed by atoms with E-state index in [4.69, 9.17) is 11.6 Å². The SMILES string of the molecule is Cc1ccccc1CN1C(=O)[C@H]2N(C(=O)[C@@H](O)[C@H](Cc3ccccc3)NC(=O)c3c(C)nn(C)c3Cl)CSC21C. The minimum Gasteiger partial charge on any atom is -0.381 e. The standard InChI is InChI=1S/C29H32ClN5O4S/c1-17-10-8-9-13-20(17)15-35-28(39)24-29(35,3)40-16-34(24)27(38)23(36)21(14-19-11-6-5-7-12-19)31-26(37)22-18(2)32-33(4)25(22)30/h5-13,21,23-24,36H,14-16H2,1-4H3,(H,31,37)/t21-,23-,24+,29?/m0/s1. The van der Waals surface area contributed by atoms with E-state index in [1.54, 1.807) is 18.9 Å². The van der Waals surface area contributed by atoms with Crippen LogP contribution in [0.1, 0.15) is 39.7 Å². The van der Waals surface area contributed by atoms with E-state index in [1.165, 1.54) is 21.3 Å². The van der Waals surface area contributed by atoms with Gasteiger partial charge in [-0.25, -0.2) is 0 Å². The first-order valence-corrected chi connectivity index (χ1v) is 14.4. The molecule has 0 aliphatic carbocycles. The lowest BCUT2D eigenvalue weighted by molar-refractivity contribution is -0.168. The van der Waals surface area contributed by atoms with E-state index < -0.39 is 34.9 Å². The number of aromatic nitrogens is 2. The second kappa shape index (κ2) is 10.9. The Morgan fingerprint density at radius 2 is 1.85 bits per heavy atom. The summed E-state index contributed by atoms with van der Waals surface area (Å²) >= 11 is 7.81. The van der Waals surface area contributed by atoms with Crippen molar-refractivity contribution in [3.8, 4) is 0 Å². The molecule has 2 aliphatic heterocycles. The van der Waals surface area contributed by atoms with Gasteiger partial charge in [0.1, 0.15) is 16.1 Å². The Hall–Kier alpha value is -3.34. The molecule has 2 N–H and O–H groups in total. The van der Waals surface area contributed by atoms with Crippen molar-refractivity contribution in [2.24, 2.45) is 7.05 Å². The zero-order valence-electron chi connectivity index (χ0n) is 22.8. The van der Waals surface area contributed by atoms with Crippen molar-refractivity contribution >= 4 is 41.1 Å². The molecule has 3 amide bonds. The zero-order chi connectivity index (χ0) is 28.8. The summed E-state index contributed by atoms with van der Waals surface area (Å²) in [5, 5.41) is 18.6. The van der Waals surface area contributed by atoms with Crippen molar-refractivity contribution in [3.05, 3.63) is 87.7 Å². The highest BCUT2D eigenvalue weighted by Gasteiger charge is 2.65. The lowest BCUT2D eigenvalue weighted by atomic mass is 9.91. The molecule has 0 spiro atoms. The number of fused-ring (bicyclic) bond motifs is 1. The molecule has 11 heteroatoms. The quantitative estimate of drug-likeness (QED) is 0.396. The summed E-state index contributed by atoms with van der Waals surface area (Å²) in [6.07, 6.45) is -1.38. The maximum absolute atomic E-state index is 13.7. The maximum atomic E-state index is 13.7. The van der Waals surface area contributed by atoms with Crippen molar-refractivity contribution in [2.45, 2.75) is 56.8 Å². The summed E-state index contributed by atoms with van der Waals surface area (Å²) in [6, 6.07) is 15.5. The van der Waals surface area contributed by atoms with Gasteiger partial charge in [-0.3, -0.25) is 19.1 Å². The Kier molecular flexibility index (Phi) is 7.69. The van der Waals surface area contributed by atoms with E-state index in [0.717, 1.165) is 16.7 Å². The number of carbonyl (C=O) groups excluding carboxylic acids is 3. The highest BCUT2D eigenvalue weighted by Crippen LogP contribution is 2.51. The fourth-order valence-corrected chi connectivity index (χ4v) is 7.13. The van der Waals surface area contributed by atoms with Crippen molar-refractivity contribution in [1.29, 1.82) is 0 Å². The van der Waals surface area contributed by atoms with Crippen molar-refractivity contribution in [1.82, 2.24) is 24.9 Å². The second-order valence-electron chi connectivity index (χ2n) is 10.5. The third-order valence-electron chi connectivity index (χ3n) is 7.85. The number of nitrogens with one attached hydrogen (secondary N) is 1. The molecule has 9 nitrogen and oxygen atoms in total. The fraction of sp³-hybridized carbons (Fsp3) is 0.379. The van der Waals surface area contributed by atoms with Gasteiger partial charge in [0.15, 0.2) is 6.10 Å². The molecule has 1 unspecified atom stereocenters. The van der Waals surface area contributed by atoms with Gasteiger partial charge < -0.3 is 20.2 Å². The van der Waals surface area contributed by atoms with Crippen LogP contribution in [0, 0.1) is 13.8 Å². The summed E-state index contributed by atoms with van der Waals surface area (Å²) in [6.45, 7) is 6.09. The third kappa shape index (κ3) is 4.88. The van der Waals surface area contributed by atoms with Gasteiger partial charge in [0, 0.05) is 13.6 Å². The average Bonchev–Trinajstić information content (AvgIpc) is 3.39. The number of carbonyl (C=O) groups is 3. The highest BCUT2D eigenvalue weighted by atomic mass is 35.5. The van der Waals surface area contributed by atoms with Gasteiger partial charge in [0.2, 0.25) is 5.91 Å². The molecule has 0 bridgehead atoms. The van der Waals surface area contributed by atoms with E-state index in [-0.39, 0.29) is 28.9 Å². The molecule has 3 aromatic rings. The zero-order valence-corrected chi connectivity index (χ0v) is 24.4. The number of hydrogen-bond acceptors (Lipinski definition) is 6. The van der Waals surface area contributed by atoms with Gasteiger partial charge in [0.25, 0.3) is 11.8 Å². The highest BCUT2D eigenvalue weighted by molar-refractivity contribution is 8.01. The fourth-order valence-electron chi connectivity index (χ4n) is 5.49. The van der Waals surface area contributed by atoms with Crippen LogP contribution in [0.2, 0.25) is 5.15 Å². The second-order valence-corrected chi connectivity index (χ2v) is 12.2. The minimum absolute atomic E-state index is 0.155. The molecule has 0 saturated carbocycles. The largest absolute Gasteiger partial charge is 0.381 e. The van der Waals surface area contributed by atoms with Crippen molar-refractivity contribution < 1.29 is 19.5 Å². The monoisotopic (exact) mass is 581 g/mol. The minimum atomic E-state index is -1.58. The van der Waals surface area contributed by atoms with Crippen LogP contribution < -0.4 is 5.32 Å². The number of hydrogen-bond donors (Lipinski definition) is 2. The third-order valence-corrected chi connectivity index (χ3v) is 9.72. The number of aliphatic hydroxyl groups excluding tert-OH is 1. The van der Waals surface area contributed by atoms with Crippen LogP contribution in [0.15, 0.2) is 54.6 Å². The molecule has 1 aromatic heterocycles. The predicted molar refractivity (Wildman–Crippen MR) is 154 cm³/mol. The molecule has 40 heavy (non-hydrogen) atoms. The molecule has 2 fully saturated rings. The van der Waals surface area contributed by atoms with Gasteiger partial charge in [0.05, 0.1) is 23.2 Å². The lowest BCUT2D eigenvalue weighted by Crippen LogP contribution is -2.73. The Balaban J connectivity index is 1.35. The number of rotatable bonds is 8. The molecule has 5 rings (SSSR count). The normalized spacial score (nSPS) is 21.6. The van der Waals surface area contributed by atoms with Crippen LogP contribution >= 0.6 is 23.4 Å². The van der Waals surface area contributed by atoms with Crippen LogP contribution in [-0.4, -0.2) is 71.3 Å². The van der Waals surface area contributed by atoms with E-state index in [1.807, 2.05) is 68.4 Å². The van der Waals surface area contributed by atoms with Crippen LogP contribution in [0.3, 0.4) is 0 Å². The Morgan fingerprint density at radius 1 is 1.18 bits per heavy atom. The summed E-state index contributed by atoms with van der Waals surface area (Å²) in [5.41, 5.74) is 3.60. The van der Waals surface area contributed by atoms with Gasteiger partial charge >= 0.3 is 0 Å². The molecule has 0 radical (unpaired) electrons.